The van der Waals surface area contributed by atoms with Crippen LogP contribution < -0.4 is 0 Å². The van der Waals surface area contributed by atoms with Crippen LogP contribution in [-0.4, -0.2) is 67.1 Å². The molecule has 0 aliphatic heterocycles. The molecule has 0 aliphatic rings. The summed E-state index contributed by atoms with van der Waals surface area (Å²) in [6.07, 6.45) is -0.268. The molecule has 106 valence electrons. The van der Waals surface area contributed by atoms with Crippen LogP contribution in [0.15, 0.2) is 12.8 Å². The van der Waals surface area contributed by atoms with Crippen LogP contribution in [0, 0.1) is 0 Å². The SMILES string of the molecule is C=CN(C(=O)OCC)C(CO)OCCOCCO. The number of hydrogen-bond acceptors (Lipinski definition) is 6. The average Bonchev–Trinajstić information content (AvgIpc) is 2.37. The molecule has 1 amide bonds. The van der Waals surface area contributed by atoms with Gasteiger partial charge >= 0.3 is 6.09 Å². The maximum atomic E-state index is 11.5. The lowest BCUT2D eigenvalue weighted by Gasteiger charge is -2.26. The molecule has 0 aromatic carbocycles. The van der Waals surface area contributed by atoms with Crippen molar-refractivity contribution in [2.45, 2.75) is 13.2 Å². The third kappa shape index (κ3) is 6.55. The predicted octanol–water partition coefficient (Wildman–Crippen LogP) is -0.0677. The van der Waals surface area contributed by atoms with E-state index in [4.69, 9.17) is 24.4 Å². The molecule has 0 radical (unpaired) electrons. The van der Waals surface area contributed by atoms with Gasteiger partial charge in [-0.15, -0.1) is 0 Å². The molecule has 1 atom stereocenters. The molecule has 1 unspecified atom stereocenters. The fourth-order valence-corrected chi connectivity index (χ4v) is 1.14. The van der Waals surface area contributed by atoms with Gasteiger partial charge in [0.05, 0.1) is 39.6 Å². The molecular weight excluding hydrogens is 242 g/mol. The van der Waals surface area contributed by atoms with Gasteiger partial charge in [-0.25, -0.2) is 4.79 Å². The van der Waals surface area contributed by atoms with Crippen LogP contribution in [0.3, 0.4) is 0 Å². The molecular formula is C11H21NO6. The van der Waals surface area contributed by atoms with Gasteiger partial charge in [-0.3, -0.25) is 4.90 Å². The topological polar surface area (TPSA) is 88.5 Å². The molecule has 0 aromatic rings. The molecule has 0 aromatic heterocycles. The van der Waals surface area contributed by atoms with Crippen LogP contribution in [0.25, 0.3) is 0 Å². The second kappa shape index (κ2) is 11.0. The second-order valence-corrected chi connectivity index (χ2v) is 3.13. The molecule has 0 fully saturated rings. The fraction of sp³-hybridized carbons (Fsp3) is 0.727. The van der Waals surface area contributed by atoms with Crippen LogP contribution in [0.1, 0.15) is 6.92 Å². The molecule has 18 heavy (non-hydrogen) atoms. The van der Waals surface area contributed by atoms with E-state index in [-0.39, 0.29) is 39.6 Å². The van der Waals surface area contributed by atoms with Crippen molar-refractivity contribution >= 4 is 6.09 Å². The van der Waals surface area contributed by atoms with Gasteiger partial charge in [0.2, 0.25) is 0 Å². The minimum atomic E-state index is -0.862. The fourth-order valence-electron chi connectivity index (χ4n) is 1.14. The Morgan fingerprint density at radius 2 is 2.11 bits per heavy atom. The predicted molar refractivity (Wildman–Crippen MR) is 63.8 cm³/mol. The highest BCUT2D eigenvalue weighted by Gasteiger charge is 2.22. The van der Waals surface area contributed by atoms with Gasteiger partial charge in [-0.1, -0.05) is 6.58 Å². The number of rotatable bonds is 10. The number of carbonyl (C=O) groups excluding carboxylic acids is 1. The molecule has 7 nitrogen and oxygen atoms in total. The van der Waals surface area contributed by atoms with E-state index in [2.05, 4.69) is 6.58 Å². The Morgan fingerprint density at radius 1 is 1.39 bits per heavy atom. The van der Waals surface area contributed by atoms with Crippen LogP contribution in [0.4, 0.5) is 4.79 Å². The van der Waals surface area contributed by atoms with E-state index in [0.29, 0.717) is 0 Å². The standard InChI is InChI=1S/C11H21NO6/c1-3-12(11(15)17-4-2)10(9-14)18-8-7-16-6-5-13/h3,10,13-14H,1,4-9H2,2H3. The zero-order valence-electron chi connectivity index (χ0n) is 10.6. The van der Waals surface area contributed by atoms with E-state index in [0.717, 1.165) is 4.90 Å². The molecule has 7 heteroatoms. The van der Waals surface area contributed by atoms with Gasteiger partial charge in [-0.2, -0.15) is 0 Å². The summed E-state index contributed by atoms with van der Waals surface area (Å²) >= 11 is 0. The highest BCUT2D eigenvalue weighted by Crippen LogP contribution is 2.04. The zero-order chi connectivity index (χ0) is 13.8. The summed E-state index contributed by atoms with van der Waals surface area (Å²) in [5.74, 6) is 0. The summed E-state index contributed by atoms with van der Waals surface area (Å²) in [5, 5.41) is 17.6. The van der Waals surface area contributed by atoms with E-state index < -0.39 is 12.3 Å². The lowest BCUT2D eigenvalue weighted by Crippen LogP contribution is -2.41. The van der Waals surface area contributed by atoms with Crippen LogP contribution in [0.2, 0.25) is 0 Å². The van der Waals surface area contributed by atoms with Crippen molar-refractivity contribution in [1.82, 2.24) is 4.90 Å². The number of hydrogen-bond donors (Lipinski definition) is 2. The lowest BCUT2D eigenvalue weighted by molar-refractivity contribution is -0.0782. The molecule has 0 aliphatic carbocycles. The molecule has 2 N–H and O–H groups in total. The average molecular weight is 263 g/mol. The summed E-state index contributed by atoms with van der Waals surface area (Å²) in [4.78, 5) is 12.6. The molecule has 0 rings (SSSR count). The third-order valence-corrected chi connectivity index (χ3v) is 1.92. The Kier molecular flexibility index (Phi) is 10.3. The molecule has 0 saturated carbocycles. The van der Waals surface area contributed by atoms with Gasteiger partial charge < -0.3 is 24.4 Å². The number of aliphatic hydroxyl groups excluding tert-OH is 2. The Hall–Kier alpha value is -1.15. The van der Waals surface area contributed by atoms with Gasteiger partial charge in [0.1, 0.15) is 0 Å². The van der Waals surface area contributed by atoms with E-state index in [1.54, 1.807) is 6.92 Å². The number of aliphatic hydroxyl groups is 2. The van der Waals surface area contributed by atoms with Gasteiger partial charge in [-0.05, 0) is 6.92 Å². The van der Waals surface area contributed by atoms with Crippen LogP contribution >= 0.6 is 0 Å². The first-order valence-electron chi connectivity index (χ1n) is 5.69. The molecule has 0 saturated heterocycles. The van der Waals surface area contributed by atoms with Crippen LogP contribution in [-0.2, 0) is 14.2 Å². The van der Waals surface area contributed by atoms with Crippen molar-refractivity contribution in [1.29, 1.82) is 0 Å². The summed E-state index contributed by atoms with van der Waals surface area (Å²) in [5.41, 5.74) is 0. The minimum Gasteiger partial charge on any atom is -0.449 e. The highest BCUT2D eigenvalue weighted by atomic mass is 16.6. The van der Waals surface area contributed by atoms with Crippen molar-refractivity contribution in [3.8, 4) is 0 Å². The lowest BCUT2D eigenvalue weighted by atomic mass is 10.5. The first-order chi connectivity index (χ1) is 8.71. The summed E-state index contributed by atoms with van der Waals surface area (Å²) in [7, 11) is 0. The minimum absolute atomic E-state index is 0.0644. The van der Waals surface area contributed by atoms with E-state index in [9.17, 15) is 4.79 Å². The Labute approximate surface area is 107 Å². The van der Waals surface area contributed by atoms with Gasteiger partial charge in [0.15, 0.2) is 6.23 Å². The smallest absolute Gasteiger partial charge is 0.416 e. The van der Waals surface area contributed by atoms with Crippen molar-refractivity contribution in [2.24, 2.45) is 0 Å². The monoisotopic (exact) mass is 263 g/mol. The van der Waals surface area contributed by atoms with Gasteiger partial charge in [0, 0.05) is 6.20 Å². The molecule has 0 spiro atoms. The first-order valence-corrected chi connectivity index (χ1v) is 5.69. The first kappa shape index (κ1) is 16.9. The number of nitrogens with zero attached hydrogens (tertiary/aromatic N) is 1. The quantitative estimate of drug-likeness (QED) is 0.424. The maximum Gasteiger partial charge on any atom is 0.416 e. The second-order valence-electron chi connectivity index (χ2n) is 3.13. The molecule has 0 heterocycles. The summed E-state index contributed by atoms with van der Waals surface area (Å²) in [6, 6.07) is 0. The maximum absolute atomic E-state index is 11.5. The van der Waals surface area contributed by atoms with Gasteiger partial charge in [0.25, 0.3) is 0 Å². The summed E-state index contributed by atoms with van der Waals surface area (Å²) in [6.45, 7) is 5.56. The number of amides is 1. The van der Waals surface area contributed by atoms with Crippen LogP contribution in [0.5, 0.6) is 0 Å². The number of carbonyl (C=O) groups is 1. The molecule has 0 bridgehead atoms. The summed E-state index contributed by atoms with van der Waals surface area (Å²) < 4.78 is 15.0. The zero-order valence-corrected chi connectivity index (χ0v) is 10.6. The largest absolute Gasteiger partial charge is 0.449 e. The van der Waals surface area contributed by atoms with E-state index in [1.165, 1.54) is 6.20 Å². The Bertz CT molecular complexity index is 236. The highest BCUT2D eigenvalue weighted by molar-refractivity contribution is 5.69. The third-order valence-electron chi connectivity index (χ3n) is 1.92. The normalized spacial score (nSPS) is 11.9. The van der Waals surface area contributed by atoms with E-state index in [1.807, 2.05) is 0 Å². The number of ether oxygens (including phenoxy) is 3. The van der Waals surface area contributed by atoms with Crippen molar-refractivity contribution in [2.75, 3.05) is 39.6 Å². The Morgan fingerprint density at radius 3 is 2.61 bits per heavy atom. The van der Waals surface area contributed by atoms with E-state index >= 15 is 0 Å². The van der Waals surface area contributed by atoms with Crippen molar-refractivity contribution in [3.05, 3.63) is 12.8 Å². The van der Waals surface area contributed by atoms with Crippen molar-refractivity contribution in [3.63, 3.8) is 0 Å². The Balaban J connectivity index is 4.10. The van der Waals surface area contributed by atoms with Crippen molar-refractivity contribution < 1.29 is 29.2 Å².